The molecule has 1 aliphatic rings. The third-order valence-electron chi connectivity index (χ3n) is 3.13. The van der Waals surface area contributed by atoms with Crippen molar-refractivity contribution in [2.45, 2.75) is 51.4 Å². The number of ether oxygens (including phenoxy) is 5. The van der Waals surface area contributed by atoms with Gasteiger partial charge in [0.1, 0.15) is 18.3 Å². The summed E-state index contributed by atoms with van der Waals surface area (Å²) in [7, 11) is 1.58. The van der Waals surface area contributed by atoms with Gasteiger partial charge in [0.2, 0.25) is 0 Å². The van der Waals surface area contributed by atoms with E-state index < -0.39 is 6.29 Å². The van der Waals surface area contributed by atoms with Gasteiger partial charge in [-0.15, -0.1) is 0 Å². The SMILES string of the molecule is CCOC[C@H]1OC(OC)[C@H](N)[C@@H](OCC)[C@@H]1OCC. The summed E-state index contributed by atoms with van der Waals surface area (Å²) in [5.41, 5.74) is 6.14. The lowest BCUT2D eigenvalue weighted by molar-refractivity contribution is -0.275. The molecule has 2 N–H and O–H groups in total. The minimum absolute atomic E-state index is 0.235. The zero-order valence-electron chi connectivity index (χ0n) is 12.3. The summed E-state index contributed by atoms with van der Waals surface area (Å²) in [6.45, 7) is 8.03. The predicted octanol–water partition coefficient (Wildman–Crippen LogP) is 0.532. The van der Waals surface area contributed by atoms with Crippen molar-refractivity contribution < 1.29 is 23.7 Å². The first-order chi connectivity index (χ1) is 9.19. The maximum absolute atomic E-state index is 6.14. The minimum atomic E-state index is -0.501. The second kappa shape index (κ2) is 8.84. The number of rotatable bonds is 8. The summed E-state index contributed by atoms with van der Waals surface area (Å²) in [5, 5.41) is 0. The molecule has 1 rings (SSSR count). The van der Waals surface area contributed by atoms with Crippen LogP contribution in [0.3, 0.4) is 0 Å². The van der Waals surface area contributed by atoms with Crippen LogP contribution in [-0.4, -0.2) is 64.2 Å². The third kappa shape index (κ3) is 4.37. The first-order valence-electron chi connectivity index (χ1n) is 6.94. The summed E-state index contributed by atoms with van der Waals surface area (Å²) in [6.07, 6.45) is -1.23. The van der Waals surface area contributed by atoms with Crippen LogP contribution >= 0.6 is 0 Å². The Balaban J connectivity index is 2.80. The van der Waals surface area contributed by atoms with E-state index in [1.807, 2.05) is 20.8 Å². The lowest BCUT2D eigenvalue weighted by Gasteiger charge is -2.44. The van der Waals surface area contributed by atoms with Crippen molar-refractivity contribution in [1.82, 2.24) is 0 Å². The quantitative estimate of drug-likeness (QED) is 0.698. The molecule has 114 valence electrons. The Labute approximate surface area is 115 Å². The zero-order valence-corrected chi connectivity index (χ0v) is 12.3. The number of methoxy groups -OCH3 is 1. The molecule has 1 saturated heterocycles. The van der Waals surface area contributed by atoms with Gasteiger partial charge in [0.05, 0.1) is 12.6 Å². The van der Waals surface area contributed by atoms with Crippen LogP contribution in [0.4, 0.5) is 0 Å². The molecular weight excluding hydrogens is 250 g/mol. The third-order valence-corrected chi connectivity index (χ3v) is 3.13. The molecule has 1 unspecified atom stereocenters. The van der Waals surface area contributed by atoms with Crippen molar-refractivity contribution in [2.75, 3.05) is 33.5 Å². The van der Waals surface area contributed by atoms with Gasteiger partial charge in [-0.05, 0) is 20.8 Å². The Kier molecular flexibility index (Phi) is 7.82. The van der Waals surface area contributed by atoms with Gasteiger partial charge in [-0.2, -0.15) is 0 Å². The number of hydrogen-bond acceptors (Lipinski definition) is 6. The molecule has 0 aliphatic carbocycles. The van der Waals surface area contributed by atoms with Crippen LogP contribution in [0.2, 0.25) is 0 Å². The Morgan fingerprint density at radius 2 is 1.63 bits per heavy atom. The lowest BCUT2D eigenvalue weighted by atomic mass is 9.97. The van der Waals surface area contributed by atoms with Crippen molar-refractivity contribution in [3.63, 3.8) is 0 Å². The van der Waals surface area contributed by atoms with E-state index >= 15 is 0 Å². The van der Waals surface area contributed by atoms with Gasteiger partial charge in [-0.25, -0.2) is 0 Å². The normalized spacial score (nSPS) is 35.5. The molecule has 0 aromatic heterocycles. The van der Waals surface area contributed by atoms with Gasteiger partial charge in [-0.1, -0.05) is 0 Å². The molecule has 0 aromatic rings. The molecule has 0 spiro atoms. The molecule has 0 aromatic carbocycles. The van der Waals surface area contributed by atoms with Crippen LogP contribution in [0, 0.1) is 0 Å². The maximum Gasteiger partial charge on any atom is 0.175 e. The second-order valence-corrected chi connectivity index (χ2v) is 4.36. The Morgan fingerprint density at radius 3 is 2.16 bits per heavy atom. The molecule has 1 heterocycles. The smallest absolute Gasteiger partial charge is 0.175 e. The van der Waals surface area contributed by atoms with Gasteiger partial charge in [0.15, 0.2) is 6.29 Å². The Hall–Kier alpha value is -0.240. The highest BCUT2D eigenvalue weighted by molar-refractivity contribution is 4.94. The second-order valence-electron chi connectivity index (χ2n) is 4.36. The van der Waals surface area contributed by atoms with Gasteiger partial charge >= 0.3 is 0 Å². The minimum Gasteiger partial charge on any atom is -0.379 e. The summed E-state index contributed by atoms with van der Waals surface area (Å²) >= 11 is 0. The zero-order chi connectivity index (χ0) is 14.3. The van der Waals surface area contributed by atoms with E-state index in [2.05, 4.69) is 0 Å². The Morgan fingerprint density at radius 1 is 1.00 bits per heavy atom. The molecule has 6 nitrogen and oxygen atoms in total. The van der Waals surface area contributed by atoms with E-state index in [1.165, 1.54) is 0 Å². The topological polar surface area (TPSA) is 72.2 Å². The van der Waals surface area contributed by atoms with Crippen molar-refractivity contribution >= 4 is 0 Å². The van der Waals surface area contributed by atoms with E-state index in [1.54, 1.807) is 7.11 Å². The van der Waals surface area contributed by atoms with Crippen LogP contribution in [-0.2, 0) is 23.7 Å². The van der Waals surface area contributed by atoms with E-state index in [9.17, 15) is 0 Å². The van der Waals surface area contributed by atoms with Gasteiger partial charge < -0.3 is 29.4 Å². The molecule has 0 saturated carbocycles. The van der Waals surface area contributed by atoms with Crippen LogP contribution in [0.5, 0.6) is 0 Å². The summed E-state index contributed by atoms with van der Waals surface area (Å²) < 4.78 is 28.0. The van der Waals surface area contributed by atoms with E-state index in [4.69, 9.17) is 29.4 Å². The highest BCUT2D eigenvalue weighted by Crippen LogP contribution is 2.25. The lowest BCUT2D eigenvalue weighted by Crippen LogP contribution is -2.64. The van der Waals surface area contributed by atoms with Crippen molar-refractivity contribution in [2.24, 2.45) is 5.73 Å². The highest BCUT2D eigenvalue weighted by Gasteiger charge is 2.45. The monoisotopic (exact) mass is 277 g/mol. The molecule has 19 heavy (non-hydrogen) atoms. The average Bonchev–Trinajstić information content (AvgIpc) is 2.42. The summed E-state index contributed by atoms with van der Waals surface area (Å²) in [6, 6.07) is -0.376. The standard InChI is InChI=1S/C13H27NO5/c1-5-16-8-9-11(17-6-2)12(18-7-3)10(14)13(15-4)19-9/h9-13H,5-8,14H2,1-4H3/t9-,10-,11-,12-,13?/m1/s1. The van der Waals surface area contributed by atoms with Crippen LogP contribution in [0.25, 0.3) is 0 Å². The van der Waals surface area contributed by atoms with Gasteiger partial charge in [0.25, 0.3) is 0 Å². The fraction of sp³-hybridized carbons (Fsp3) is 1.00. The van der Waals surface area contributed by atoms with Crippen LogP contribution < -0.4 is 5.73 Å². The van der Waals surface area contributed by atoms with Crippen LogP contribution in [0.15, 0.2) is 0 Å². The molecule has 0 radical (unpaired) electrons. The average molecular weight is 277 g/mol. The molecule has 1 aliphatic heterocycles. The maximum atomic E-state index is 6.14. The van der Waals surface area contributed by atoms with Gasteiger partial charge in [0, 0.05) is 26.9 Å². The first kappa shape index (κ1) is 16.8. The molecule has 0 amide bonds. The van der Waals surface area contributed by atoms with Crippen molar-refractivity contribution in [3.05, 3.63) is 0 Å². The van der Waals surface area contributed by atoms with Crippen LogP contribution in [0.1, 0.15) is 20.8 Å². The number of nitrogens with two attached hydrogens (primary N) is 1. The molecule has 5 atom stereocenters. The van der Waals surface area contributed by atoms with Crippen molar-refractivity contribution in [1.29, 1.82) is 0 Å². The van der Waals surface area contributed by atoms with E-state index in [0.717, 1.165) is 0 Å². The summed E-state index contributed by atoms with van der Waals surface area (Å²) in [5.74, 6) is 0. The van der Waals surface area contributed by atoms with E-state index in [-0.39, 0.29) is 24.4 Å². The molecule has 1 fully saturated rings. The molecular formula is C13H27NO5. The van der Waals surface area contributed by atoms with E-state index in [0.29, 0.717) is 26.4 Å². The predicted molar refractivity (Wildman–Crippen MR) is 71.0 cm³/mol. The van der Waals surface area contributed by atoms with Crippen molar-refractivity contribution in [3.8, 4) is 0 Å². The van der Waals surface area contributed by atoms with Gasteiger partial charge in [-0.3, -0.25) is 0 Å². The fourth-order valence-electron chi connectivity index (χ4n) is 2.30. The molecule has 6 heteroatoms. The largest absolute Gasteiger partial charge is 0.379 e. The first-order valence-corrected chi connectivity index (χ1v) is 6.94. The molecule has 0 bridgehead atoms. The fourth-order valence-corrected chi connectivity index (χ4v) is 2.30. The summed E-state index contributed by atoms with van der Waals surface area (Å²) in [4.78, 5) is 0. The Bertz CT molecular complexity index is 241. The number of hydrogen-bond donors (Lipinski definition) is 1. The highest BCUT2D eigenvalue weighted by atomic mass is 16.7.